The molecule has 9 heteroatoms. The van der Waals surface area contributed by atoms with Crippen molar-refractivity contribution in [2.24, 2.45) is 0 Å². The van der Waals surface area contributed by atoms with E-state index in [2.05, 4.69) is 21.8 Å². The average molecular weight is 512 g/mol. The fourth-order valence-electron chi connectivity index (χ4n) is 4.94. The number of aliphatic hydroxyl groups excluding tert-OH is 1. The maximum atomic E-state index is 14.1. The van der Waals surface area contributed by atoms with E-state index >= 15 is 0 Å². The van der Waals surface area contributed by atoms with Gasteiger partial charge in [0.1, 0.15) is 0 Å². The Morgan fingerprint density at radius 3 is 2.51 bits per heavy atom. The quantitative estimate of drug-likeness (QED) is 0.268. The van der Waals surface area contributed by atoms with Crippen LogP contribution in [0.4, 0.5) is 18.9 Å². The smallest absolute Gasteiger partial charge is 0.398 e. The molecule has 196 valence electrons. The van der Waals surface area contributed by atoms with E-state index in [0.717, 1.165) is 30.4 Å². The number of hydrogen-bond acceptors (Lipinski definition) is 6. The number of nitrogen functional groups attached to an aromatic ring is 1. The lowest BCUT2D eigenvalue weighted by molar-refractivity contribution is -0.136. The fourth-order valence-corrected chi connectivity index (χ4v) is 4.94. The number of pyridine rings is 1. The van der Waals surface area contributed by atoms with Crippen LogP contribution >= 0.6 is 0 Å². The maximum Gasteiger partial charge on any atom is 0.418 e. The van der Waals surface area contributed by atoms with E-state index in [1.165, 1.54) is 6.92 Å². The molecule has 0 saturated heterocycles. The van der Waals surface area contributed by atoms with Gasteiger partial charge in [0.05, 0.1) is 22.9 Å². The topological polar surface area (TPSA) is 98.3 Å². The van der Waals surface area contributed by atoms with Crippen molar-refractivity contribution in [2.75, 3.05) is 32.9 Å². The van der Waals surface area contributed by atoms with Crippen LogP contribution in [0.3, 0.4) is 0 Å². The van der Waals surface area contributed by atoms with Crippen molar-refractivity contribution in [2.45, 2.75) is 38.5 Å². The Morgan fingerprint density at radius 1 is 1.24 bits per heavy atom. The summed E-state index contributed by atoms with van der Waals surface area (Å²) in [6.07, 6.45) is -4.25. The first-order valence-corrected chi connectivity index (χ1v) is 12.2. The molecule has 1 aliphatic carbocycles. The number of halogens is 3. The van der Waals surface area contributed by atoms with E-state index in [1.54, 1.807) is 0 Å². The number of nitrogens with zero attached hydrogens (tertiary/aromatic N) is 2. The van der Waals surface area contributed by atoms with Crippen LogP contribution in [0.15, 0.2) is 36.9 Å². The zero-order valence-electron chi connectivity index (χ0n) is 21.3. The second kappa shape index (κ2) is 10.1. The molecule has 1 aromatic heterocycles. The number of hydrogen-bond donors (Lipinski definition) is 4. The highest BCUT2D eigenvalue weighted by Crippen LogP contribution is 2.43. The van der Waals surface area contributed by atoms with Crippen LogP contribution in [0.25, 0.3) is 27.9 Å². The zero-order valence-corrected chi connectivity index (χ0v) is 21.3. The SMILES string of the molecule is C=C(NCCN(C)C)c1ccc(-c2nc3c(C(F)(F)F)cc(N)c(C(C)=N)c3c3c2CC(O)CC3)cc1. The highest BCUT2D eigenvalue weighted by Gasteiger charge is 2.37. The van der Waals surface area contributed by atoms with Gasteiger partial charge < -0.3 is 26.5 Å². The molecule has 0 aliphatic heterocycles. The molecule has 0 amide bonds. The van der Waals surface area contributed by atoms with Crippen molar-refractivity contribution in [1.29, 1.82) is 5.41 Å². The number of alkyl halides is 3. The number of nitrogens with one attached hydrogen (secondary N) is 2. The summed E-state index contributed by atoms with van der Waals surface area (Å²) < 4.78 is 42.4. The first kappa shape index (κ1) is 26.6. The van der Waals surface area contributed by atoms with Gasteiger partial charge in [-0.1, -0.05) is 30.8 Å². The second-order valence-electron chi connectivity index (χ2n) is 9.83. The Bertz CT molecular complexity index is 1360. The monoisotopic (exact) mass is 511 g/mol. The molecule has 0 saturated carbocycles. The number of nitrogens with two attached hydrogens (primary N) is 1. The van der Waals surface area contributed by atoms with Gasteiger partial charge in [0, 0.05) is 53.1 Å². The molecule has 0 radical (unpaired) electrons. The molecule has 0 bridgehead atoms. The summed E-state index contributed by atoms with van der Waals surface area (Å²) in [5.41, 5.74) is 9.20. The van der Waals surface area contributed by atoms with Crippen molar-refractivity contribution in [3.8, 4) is 11.3 Å². The molecule has 1 heterocycles. The first-order chi connectivity index (χ1) is 17.4. The highest BCUT2D eigenvalue weighted by atomic mass is 19.4. The Balaban J connectivity index is 1.90. The minimum absolute atomic E-state index is 0.0729. The molecular weight excluding hydrogens is 479 g/mol. The van der Waals surface area contributed by atoms with Crippen LogP contribution in [0, 0.1) is 5.41 Å². The molecule has 2 aromatic carbocycles. The number of aryl methyl sites for hydroxylation is 1. The van der Waals surface area contributed by atoms with Crippen LogP contribution < -0.4 is 11.1 Å². The number of aromatic nitrogens is 1. The zero-order chi connectivity index (χ0) is 27.1. The van der Waals surface area contributed by atoms with Crippen LogP contribution in [-0.4, -0.2) is 54.0 Å². The third-order valence-electron chi connectivity index (χ3n) is 6.76. The minimum atomic E-state index is -4.67. The Labute approximate surface area is 214 Å². The average Bonchev–Trinajstić information content (AvgIpc) is 2.82. The molecule has 1 atom stereocenters. The number of fused-ring (bicyclic) bond motifs is 3. The molecule has 3 aromatic rings. The fraction of sp³-hybridized carbons (Fsp3) is 0.357. The van der Waals surface area contributed by atoms with Gasteiger partial charge >= 0.3 is 6.18 Å². The normalized spacial score (nSPS) is 15.6. The van der Waals surface area contributed by atoms with E-state index < -0.39 is 17.8 Å². The van der Waals surface area contributed by atoms with Crippen LogP contribution in [-0.2, 0) is 19.0 Å². The van der Waals surface area contributed by atoms with Crippen molar-refractivity contribution < 1.29 is 18.3 Å². The van der Waals surface area contributed by atoms with Crippen LogP contribution in [0.5, 0.6) is 0 Å². The standard InChI is InChI=1S/C28H32F3N5O/c1-15(32)24-23(33)14-22(28(29,30)31)27-25(24)20-10-9-19(37)13-21(20)26(35-27)18-7-5-17(6-8-18)16(2)34-11-12-36(3)4/h5-8,14,19,32,34,37H,2,9-13,33H2,1,3-4H3. The molecule has 0 fully saturated rings. The molecule has 1 aliphatic rings. The molecular formula is C28H32F3N5O. The van der Waals surface area contributed by atoms with Crippen molar-refractivity contribution >= 4 is 28.0 Å². The van der Waals surface area contributed by atoms with Gasteiger partial charge in [-0.3, -0.25) is 0 Å². The van der Waals surface area contributed by atoms with Crippen molar-refractivity contribution in [1.82, 2.24) is 15.2 Å². The number of anilines is 1. The number of rotatable bonds is 7. The summed E-state index contributed by atoms with van der Waals surface area (Å²) in [4.78, 5) is 6.62. The van der Waals surface area contributed by atoms with Gasteiger partial charge in [0.2, 0.25) is 0 Å². The number of benzene rings is 2. The third kappa shape index (κ3) is 5.33. The van der Waals surface area contributed by atoms with Gasteiger partial charge in [-0.2, -0.15) is 13.2 Å². The highest BCUT2D eigenvalue weighted by molar-refractivity contribution is 6.14. The summed E-state index contributed by atoms with van der Waals surface area (Å²) >= 11 is 0. The summed E-state index contributed by atoms with van der Waals surface area (Å²) in [5.74, 6) is 0. The summed E-state index contributed by atoms with van der Waals surface area (Å²) in [6.45, 7) is 7.16. The predicted molar refractivity (Wildman–Crippen MR) is 143 cm³/mol. The lowest BCUT2D eigenvalue weighted by atomic mass is 9.82. The van der Waals surface area contributed by atoms with Crippen molar-refractivity contribution in [3.05, 3.63) is 64.7 Å². The van der Waals surface area contributed by atoms with Gasteiger partial charge in [0.25, 0.3) is 0 Å². The molecule has 1 unspecified atom stereocenters. The van der Waals surface area contributed by atoms with Gasteiger partial charge in [-0.15, -0.1) is 0 Å². The molecule has 5 N–H and O–H groups in total. The lowest BCUT2D eigenvalue weighted by Crippen LogP contribution is -2.25. The van der Waals surface area contributed by atoms with Crippen molar-refractivity contribution in [3.63, 3.8) is 0 Å². The van der Waals surface area contributed by atoms with E-state index in [-0.39, 0.29) is 34.3 Å². The summed E-state index contributed by atoms with van der Waals surface area (Å²) in [7, 11) is 3.97. The predicted octanol–water partition coefficient (Wildman–Crippen LogP) is 4.86. The molecule has 6 nitrogen and oxygen atoms in total. The number of likely N-dealkylation sites (N-methyl/N-ethyl adjacent to an activating group) is 1. The summed E-state index contributed by atoms with van der Waals surface area (Å²) in [6, 6.07) is 8.23. The van der Waals surface area contributed by atoms with E-state index in [9.17, 15) is 18.3 Å². The third-order valence-corrected chi connectivity index (χ3v) is 6.76. The first-order valence-electron chi connectivity index (χ1n) is 12.2. The minimum Gasteiger partial charge on any atom is -0.398 e. The lowest BCUT2D eigenvalue weighted by Gasteiger charge is -2.27. The molecule has 37 heavy (non-hydrogen) atoms. The molecule has 0 spiro atoms. The maximum absolute atomic E-state index is 14.1. The van der Waals surface area contributed by atoms with Gasteiger partial charge in [-0.25, -0.2) is 4.98 Å². The second-order valence-corrected chi connectivity index (χ2v) is 9.83. The largest absolute Gasteiger partial charge is 0.418 e. The van der Waals surface area contributed by atoms with Gasteiger partial charge in [0.15, 0.2) is 0 Å². The Kier molecular flexibility index (Phi) is 7.30. The summed E-state index contributed by atoms with van der Waals surface area (Å²) in [5, 5.41) is 22.2. The molecule has 4 rings (SSSR count). The number of aliphatic hydroxyl groups is 1. The van der Waals surface area contributed by atoms with E-state index in [4.69, 9.17) is 11.1 Å². The van der Waals surface area contributed by atoms with Crippen LogP contribution in [0.1, 0.15) is 41.2 Å². The van der Waals surface area contributed by atoms with Crippen LogP contribution in [0.2, 0.25) is 0 Å². The Hall–Kier alpha value is -3.43. The Morgan fingerprint density at radius 2 is 1.92 bits per heavy atom. The van der Waals surface area contributed by atoms with E-state index in [1.807, 2.05) is 38.4 Å². The van der Waals surface area contributed by atoms with E-state index in [0.29, 0.717) is 35.2 Å². The van der Waals surface area contributed by atoms with Gasteiger partial charge in [-0.05, 0) is 56.6 Å².